The maximum absolute atomic E-state index is 12.7. The summed E-state index contributed by atoms with van der Waals surface area (Å²) in [6.07, 6.45) is -3.31. The summed E-state index contributed by atoms with van der Waals surface area (Å²) < 4.78 is 43.2. The Balaban J connectivity index is 2.07. The van der Waals surface area contributed by atoms with Gasteiger partial charge >= 0.3 is 6.18 Å². The van der Waals surface area contributed by atoms with Crippen LogP contribution in [-0.2, 0) is 16.1 Å². The van der Waals surface area contributed by atoms with Crippen molar-refractivity contribution in [3.63, 3.8) is 0 Å². The number of aromatic nitrogens is 1. The summed E-state index contributed by atoms with van der Waals surface area (Å²) in [7, 11) is 0. The van der Waals surface area contributed by atoms with Crippen molar-refractivity contribution in [3.05, 3.63) is 34.2 Å². The summed E-state index contributed by atoms with van der Waals surface area (Å²) in [6.45, 7) is 1.30. The molecule has 2 rings (SSSR count). The zero-order valence-electron chi connectivity index (χ0n) is 14.2. The first kappa shape index (κ1) is 20.0. The lowest BCUT2D eigenvalue weighted by Crippen LogP contribution is -2.51. The van der Waals surface area contributed by atoms with Gasteiger partial charge in [-0.15, -0.1) is 0 Å². The molecular weight excluding hydrogens is 355 g/mol. The number of carbonyl (C=O) groups excluding carboxylic acids is 2. The highest BCUT2D eigenvalue weighted by molar-refractivity contribution is 5.94. The number of rotatable bonds is 5. The predicted molar refractivity (Wildman–Crippen MR) is 85.7 cm³/mol. The Labute approximate surface area is 147 Å². The summed E-state index contributed by atoms with van der Waals surface area (Å²) in [5.74, 6) is -1.28. The zero-order chi connectivity index (χ0) is 19.3. The van der Waals surface area contributed by atoms with E-state index in [1.54, 1.807) is 12.2 Å². The standard InChI is InChI=1S/C16H20F3N3O4/c1-2-21-4-3-11(7-14(21)24)15(25)22-5-6-26-9-12(22)8-13(23)20-10-16(17,18)19/h3-4,7,12H,2,5-6,8-10H2,1H3,(H,20,23)/t12-/m1/s1. The SMILES string of the molecule is CCn1ccc(C(=O)N2CCOC[C@H]2CC(=O)NCC(F)(F)F)cc1=O. The Kier molecular flexibility index (Phi) is 6.41. The number of carbonyl (C=O) groups is 2. The minimum atomic E-state index is -4.50. The Bertz CT molecular complexity index is 717. The van der Waals surface area contributed by atoms with Crippen molar-refractivity contribution in [2.75, 3.05) is 26.3 Å². The fourth-order valence-corrected chi connectivity index (χ4v) is 2.64. The second-order valence-electron chi connectivity index (χ2n) is 5.86. The number of ether oxygens (including phenoxy) is 1. The molecule has 1 fully saturated rings. The van der Waals surface area contributed by atoms with Crippen molar-refractivity contribution < 1.29 is 27.5 Å². The van der Waals surface area contributed by atoms with Gasteiger partial charge in [0.2, 0.25) is 5.91 Å². The molecule has 0 aliphatic carbocycles. The second-order valence-corrected chi connectivity index (χ2v) is 5.86. The van der Waals surface area contributed by atoms with Gasteiger partial charge in [0.25, 0.3) is 11.5 Å². The minimum Gasteiger partial charge on any atom is -0.377 e. The van der Waals surface area contributed by atoms with Gasteiger partial charge in [-0.05, 0) is 13.0 Å². The lowest BCUT2D eigenvalue weighted by molar-refractivity contribution is -0.139. The Hall–Kier alpha value is -2.36. The summed E-state index contributed by atoms with van der Waals surface area (Å²) in [5, 5.41) is 1.78. The molecule has 7 nitrogen and oxygen atoms in total. The Morgan fingerprint density at radius 3 is 2.73 bits per heavy atom. The van der Waals surface area contributed by atoms with Gasteiger partial charge in [-0.1, -0.05) is 0 Å². The van der Waals surface area contributed by atoms with Gasteiger partial charge in [0, 0.05) is 37.3 Å². The number of hydrogen-bond acceptors (Lipinski definition) is 4. The Morgan fingerprint density at radius 2 is 2.12 bits per heavy atom. The molecule has 0 radical (unpaired) electrons. The third kappa shape index (κ3) is 5.32. The second kappa shape index (κ2) is 8.35. The molecule has 0 saturated carbocycles. The summed E-state index contributed by atoms with van der Waals surface area (Å²) in [5.41, 5.74) is -0.159. The van der Waals surface area contributed by atoms with Gasteiger partial charge in [-0.3, -0.25) is 14.4 Å². The first-order chi connectivity index (χ1) is 12.2. The van der Waals surface area contributed by atoms with Crippen LogP contribution in [0.5, 0.6) is 0 Å². The average molecular weight is 375 g/mol. The van der Waals surface area contributed by atoms with Crippen molar-refractivity contribution in [2.45, 2.75) is 32.1 Å². The molecular formula is C16H20F3N3O4. The number of nitrogens with zero attached hydrogens (tertiary/aromatic N) is 2. The molecule has 1 aliphatic rings. The van der Waals surface area contributed by atoms with Gasteiger partial charge in [-0.2, -0.15) is 13.2 Å². The third-order valence-electron chi connectivity index (χ3n) is 3.98. The van der Waals surface area contributed by atoms with E-state index in [4.69, 9.17) is 4.74 Å². The lowest BCUT2D eigenvalue weighted by atomic mass is 10.1. The van der Waals surface area contributed by atoms with Gasteiger partial charge in [0.05, 0.1) is 19.3 Å². The van der Waals surface area contributed by atoms with Crippen LogP contribution >= 0.6 is 0 Å². The minimum absolute atomic E-state index is 0.0389. The van der Waals surface area contributed by atoms with E-state index >= 15 is 0 Å². The van der Waals surface area contributed by atoms with E-state index in [1.165, 1.54) is 27.8 Å². The summed E-state index contributed by atoms with van der Waals surface area (Å²) in [4.78, 5) is 37.7. The van der Waals surface area contributed by atoms with Gasteiger partial charge in [0.15, 0.2) is 0 Å². The van der Waals surface area contributed by atoms with Gasteiger partial charge in [0.1, 0.15) is 6.54 Å². The van der Waals surface area contributed by atoms with E-state index in [0.29, 0.717) is 6.54 Å². The molecule has 1 saturated heterocycles. The first-order valence-corrected chi connectivity index (χ1v) is 8.14. The van der Waals surface area contributed by atoms with Gasteiger partial charge < -0.3 is 19.5 Å². The van der Waals surface area contributed by atoms with Crippen molar-refractivity contribution in [1.29, 1.82) is 0 Å². The van der Waals surface area contributed by atoms with Crippen LogP contribution in [0.4, 0.5) is 13.2 Å². The van der Waals surface area contributed by atoms with E-state index in [1.807, 2.05) is 0 Å². The Morgan fingerprint density at radius 1 is 1.38 bits per heavy atom. The van der Waals surface area contributed by atoms with E-state index in [0.717, 1.165) is 0 Å². The van der Waals surface area contributed by atoms with Crippen LogP contribution < -0.4 is 10.9 Å². The fraction of sp³-hybridized carbons (Fsp3) is 0.562. The number of amides is 2. The van der Waals surface area contributed by atoms with Crippen LogP contribution in [0.1, 0.15) is 23.7 Å². The number of aryl methyl sites for hydroxylation is 1. The number of morpholine rings is 1. The summed E-state index contributed by atoms with van der Waals surface area (Å²) >= 11 is 0. The highest BCUT2D eigenvalue weighted by Gasteiger charge is 2.32. The molecule has 10 heteroatoms. The van der Waals surface area contributed by atoms with Crippen LogP contribution in [0.15, 0.2) is 23.1 Å². The molecule has 1 aliphatic heterocycles. The lowest BCUT2D eigenvalue weighted by Gasteiger charge is -2.35. The highest BCUT2D eigenvalue weighted by atomic mass is 19.4. The molecule has 0 unspecified atom stereocenters. The van der Waals surface area contributed by atoms with E-state index in [9.17, 15) is 27.6 Å². The normalized spacial score (nSPS) is 17.8. The maximum atomic E-state index is 12.7. The monoisotopic (exact) mass is 375 g/mol. The summed E-state index contributed by atoms with van der Waals surface area (Å²) in [6, 6.07) is 2.02. The molecule has 1 aromatic heterocycles. The third-order valence-corrected chi connectivity index (χ3v) is 3.98. The molecule has 2 heterocycles. The molecule has 1 atom stereocenters. The van der Waals surface area contributed by atoms with E-state index < -0.39 is 30.6 Å². The molecule has 1 aromatic rings. The smallest absolute Gasteiger partial charge is 0.377 e. The van der Waals surface area contributed by atoms with Crippen LogP contribution in [0.25, 0.3) is 0 Å². The fourth-order valence-electron chi connectivity index (χ4n) is 2.64. The molecule has 144 valence electrons. The molecule has 0 bridgehead atoms. The van der Waals surface area contributed by atoms with Crippen molar-refractivity contribution in [1.82, 2.24) is 14.8 Å². The molecule has 26 heavy (non-hydrogen) atoms. The highest BCUT2D eigenvalue weighted by Crippen LogP contribution is 2.16. The average Bonchev–Trinajstić information content (AvgIpc) is 2.59. The zero-order valence-corrected chi connectivity index (χ0v) is 14.2. The van der Waals surface area contributed by atoms with Crippen LogP contribution in [-0.4, -0.2) is 59.8 Å². The number of nitrogens with one attached hydrogen (secondary N) is 1. The number of hydrogen-bond donors (Lipinski definition) is 1. The van der Waals surface area contributed by atoms with Crippen LogP contribution in [0, 0.1) is 0 Å². The number of alkyl halides is 3. The van der Waals surface area contributed by atoms with Crippen LogP contribution in [0.3, 0.4) is 0 Å². The number of halogens is 3. The van der Waals surface area contributed by atoms with Crippen molar-refractivity contribution >= 4 is 11.8 Å². The largest absolute Gasteiger partial charge is 0.405 e. The van der Waals surface area contributed by atoms with Crippen LogP contribution in [0.2, 0.25) is 0 Å². The first-order valence-electron chi connectivity index (χ1n) is 8.14. The van der Waals surface area contributed by atoms with E-state index in [2.05, 4.69) is 0 Å². The molecule has 2 amide bonds. The molecule has 0 spiro atoms. The maximum Gasteiger partial charge on any atom is 0.405 e. The quantitative estimate of drug-likeness (QED) is 0.825. The number of pyridine rings is 1. The molecule has 0 aromatic carbocycles. The van der Waals surface area contributed by atoms with Crippen molar-refractivity contribution in [2.24, 2.45) is 0 Å². The molecule has 1 N–H and O–H groups in total. The topological polar surface area (TPSA) is 80.6 Å². The van der Waals surface area contributed by atoms with E-state index in [-0.39, 0.29) is 37.3 Å². The van der Waals surface area contributed by atoms with Crippen molar-refractivity contribution in [3.8, 4) is 0 Å². The predicted octanol–water partition coefficient (Wildman–Crippen LogP) is 0.778. The van der Waals surface area contributed by atoms with Gasteiger partial charge in [-0.25, -0.2) is 0 Å².